The van der Waals surface area contributed by atoms with Gasteiger partial charge in [-0.3, -0.25) is 0 Å². The molecule has 29 heavy (non-hydrogen) atoms. The minimum atomic E-state index is -0.434. The van der Waals surface area contributed by atoms with Crippen LogP contribution in [-0.2, 0) is 17.7 Å². The van der Waals surface area contributed by atoms with Crippen molar-refractivity contribution >= 4 is 11.8 Å². The summed E-state index contributed by atoms with van der Waals surface area (Å²) in [5.41, 5.74) is 12.1. The number of benzene rings is 1. The van der Waals surface area contributed by atoms with Crippen molar-refractivity contribution in [1.29, 1.82) is 0 Å². The molecule has 3 aromatic rings. The van der Waals surface area contributed by atoms with Crippen LogP contribution in [0.2, 0.25) is 0 Å². The molecular formula is C21H24N6O2. The smallest absolute Gasteiger partial charge is 0.341 e. The minimum Gasteiger partial charge on any atom is -0.462 e. The van der Waals surface area contributed by atoms with Crippen molar-refractivity contribution in [2.75, 3.05) is 25.9 Å². The van der Waals surface area contributed by atoms with Gasteiger partial charge >= 0.3 is 5.97 Å². The van der Waals surface area contributed by atoms with Gasteiger partial charge in [-0.15, -0.1) is 0 Å². The molecule has 0 spiro atoms. The minimum absolute atomic E-state index is 0.238. The summed E-state index contributed by atoms with van der Waals surface area (Å²) in [7, 11) is 2.13. The molecule has 0 amide bonds. The van der Waals surface area contributed by atoms with E-state index in [1.165, 1.54) is 27.6 Å². The highest BCUT2D eigenvalue weighted by atomic mass is 16.5. The topological polar surface area (TPSA) is 99.2 Å². The molecule has 1 aliphatic heterocycles. The van der Waals surface area contributed by atoms with E-state index in [2.05, 4.69) is 46.1 Å². The van der Waals surface area contributed by atoms with Crippen molar-refractivity contribution in [1.82, 2.24) is 24.6 Å². The number of anilines is 1. The van der Waals surface area contributed by atoms with E-state index in [4.69, 9.17) is 10.5 Å². The zero-order chi connectivity index (χ0) is 20.5. The van der Waals surface area contributed by atoms with Crippen LogP contribution in [0.15, 0.2) is 30.7 Å². The van der Waals surface area contributed by atoms with E-state index in [9.17, 15) is 4.79 Å². The number of ether oxygens (including phenoxy) is 1. The van der Waals surface area contributed by atoms with E-state index >= 15 is 0 Å². The lowest BCUT2D eigenvalue weighted by Gasteiger charge is -2.27. The molecule has 0 saturated heterocycles. The Kier molecular flexibility index (Phi) is 5.02. The summed E-state index contributed by atoms with van der Waals surface area (Å²) in [5, 5.41) is 4.21. The highest BCUT2D eigenvalue weighted by Gasteiger charge is 2.18. The van der Waals surface area contributed by atoms with E-state index in [1.807, 2.05) is 0 Å². The average molecular weight is 392 g/mol. The van der Waals surface area contributed by atoms with Crippen molar-refractivity contribution in [2.45, 2.75) is 26.8 Å². The lowest BCUT2D eigenvalue weighted by atomic mass is 9.92. The summed E-state index contributed by atoms with van der Waals surface area (Å²) < 4.78 is 6.47. The van der Waals surface area contributed by atoms with E-state index in [1.54, 1.807) is 19.3 Å². The molecule has 8 heteroatoms. The Morgan fingerprint density at radius 3 is 2.93 bits per heavy atom. The number of aromatic nitrogens is 4. The molecule has 8 nitrogen and oxygen atoms in total. The van der Waals surface area contributed by atoms with Gasteiger partial charge in [0, 0.05) is 24.8 Å². The van der Waals surface area contributed by atoms with Crippen LogP contribution in [0.3, 0.4) is 0 Å². The predicted octanol–water partition coefficient (Wildman–Crippen LogP) is 2.38. The Morgan fingerprint density at radius 2 is 2.14 bits per heavy atom. The molecule has 0 bridgehead atoms. The number of rotatable bonds is 4. The highest BCUT2D eigenvalue weighted by Crippen LogP contribution is 2.29. The highest BCUT2D eigenvalue weighted by molar-refractivity contribution is 5.88. The SMILES string of the molecule is CCOC(=O)c1cnn(-c2nc(-c3cc(C)c4c(c3)CN(C)CC4)cnc2N)c1. The first-order valence-electron chi connectivity index (χ1n) is 9.62. The third-order valence-corrected chi connectivity index (χ3v) is 5.14. The number of likely N-dealkylation sites (N-methyl/N-ethyl adjacent to an activating group) is 1. The molecule has 0 unspecified atom stereocenters. The van der Waals surface area contributed by atoms with Gasteiger partial charge in [0.1, 0.15) is 0 Å². The molecule has 2 N–H and O–H groups in total. The van der Waals surface area contributed by atoms with Gasteiger partial charge in [0.25, 0.3) is 0 Å². The van der Waals surface area contributed by atoms with Crippen LogP contribution in [0.25, 0.3) is 17.1 Å². The first kappa shape index (κ1) is 19.1. The number of carbonyl (C=O) groups excluding carboxylic acids is 1. The summed E-state index contributed by atoms with van der Waals surface area (Å²) in [6, 6.07) is 4.32. The average Bonchev–Trinajstić information content (AvgIpc) is 3.18. The Balaban J connectivity index is 1.72. The number of hydrogen-bond donors (Lipinski definition) is 1. The van der Waals surface area contributed by atoms with E-state index in [-0.39, 0.29) is 5.82 Å². The van der Waals surface area contributed by atoms with Crippen molar-refractivity contribution in [3.05, 3.63) is 53.0 Å². The van der Waals surface area contributed by atoms with Gasteiger partial charge < -0.3 is 15.4 Å². The Hall–Kier alpha value is -3.26. The molecule has 3 heterocycles. The summed E-state index contributed by atoms with van der Waals surface area (Å²) in [6.45, 7) is 6.18. The summed E-state index contributed by atoms with van der Waals surface area (Å²) in [4.78, 5) is 23.2. The second kappa shape index (κ2) is 7.63. The van der Waals surface area contributed by atoms with Crippen LogP contribution >= 0.6 is 0 Å². The van der Waals surface area contributed by atoms with Gasteiger partial charge in [-0.2, -0.15) is 5.10 Å². The maximum Gasteiger partial charge on any atom is 0.341 e. The lowest BCUT2D eigenvalue weighted by molar-refractivity contribution is 0.0526. The van der Waals surface area contributed by atoms with Crippen LogP contribution in [0, 0.1) is 6.92 Å². The van der Waals surface area contributed by atoms with Gasteiger partial charge in [-0.25, -0.2) is 19.4 Å². The van der Waals surface area contributed by atoms with Crippen LogP contribution in [0.4, 0.5) is 5.82 Å². The van der Waals surface area contributed by atoms with Crippen molar-refractivity contribution in [3.8, 4) is 17.1 Å². The molecule has 0 saturated carbocycles. The van der Waals surface area contributed by atoms with Gasteiger partial charge in [0.15, 0.2) is 11.6 Å². The van der Waals surface area contributed by atoms with E-state index < -0.39 is 5.97 Å². The number of carbonyl (C=O) groups is 1. The molecule has 2 aromatic heterocycles. The molecule has 0 aliphatic carbocycles. The predicted molar refractivity (Wildman–Crippen MR) is 110 cm³/mol. The number of nitrogen functional groups attached to an aromatic ring is 1. The maximum atomic E-state index is 11.9. The van der Waals surface area contributed by atoms with Crippen LogP contribution in [-0.4, -0.2) is 50.8 Å². The van der Waals surface area contributed by atoms with Crippen LogP contribution in [0.5, 0.6) is 0 Å². The van der Waals surface area contributed by atoms with Crippen molar-refractivity contribution in [2.24, 2.45) is 0 Å². The second-order valence-corrected chi connectivity index (χ2v) is 7.28. The number of aryl methyl sites for hydroxylation is 1. The Bertz CT molecular complexity index is 1080. The monoisotopic (exact) mass is 392 g/mol. The standard InChI is InChI=1S/C21H24N6O2/c1-4-29-21(28)16-9-24-27(12-16)20-19(22)23-10-18(25-20)14-7-13(2)17-5-6-26(3)11-15(17)8-14/h7-10,12H,4-6,11H2,1-3H3,(H2,22,23). The summed E-state index contributed by atoms with van der Waals surface area (Å²) >= 11 is 0. The Labute approximate surface area is 169 Å². The third kappa shape index (κ3) is 3.71. The molecule has 4 rings (SSSR count). The third-order valence-electron chi connectivity index (χ3n) is 5.14. The van der Waals surface area contributed by atoms with Crippen LogP contribution in [0.1, 0.15) is 34.0 Å². The first-order chi connectivity index (χ1) is 14.0. The molecule has 0 atom stereocenters. The zero-order valence-electron chi connectivity index (χ0n) is 16.8. The van der Waals surface area contributed by atoms with Gasteiger partial charge in [0.05, 0.1) is 30.3 Å². The van der Waals surface area contributed by atoms with E-state index in [0.29, 0.717) is 23.7 Å². The molecule has 1 aliphatic rings. The number of fused-ring (bicyclic) bond motifs is 1. The van der Waals surface area contributed by atoms with Gasteiger partial charge in [-0.1, -0.05) is 0 Å². The number of hydrogen-bond acceptors (Lipinski definition) is 7. The number of esters is 1. The molecular weight excluding hydrogens is 368 g/mol. The number of nitrogens with zero attached hydrogens (tertiary/aromatic N) is 5. The quantitative estimate of drug-likeness (QED) is 0.681. The largest absolute Gasteiger partial charge is 0.462 e. The normalized spacial score (nSPS) is 13.9. The van der Waals surface area contributed by atoms with E-state index in [0.717, 1.165) is 25.1 Å². The fourth-order valence-electron chi connectivity index (χ4n) is 3.66. The second-order valence-electron chi connectivity index (χ2n) is 7.28. The molecule has 0 radical (unpaired) electrons. The van der Waals surface area contributed by atoms with Gasteiger partial charge in [-0.05, 0) is 56.1 Å². The van der Waals surface area contributed by atoms with Crippen molar-refractivity contribution < 1.29 is 9.53 Å². The molecule has 150 valence electrons. The maximum absolute atomic E-state index is 11.9. The van der Waals surface area contributed by atoms with Gasteiger partial charge in [0.2, 0.25) is 0 Å². The van der Waals surface area contributed by atoms with Crippen LogP contribution < -0.4 is 5.73 Å². The summed E-state index contributed by atoms with van der Waals surface area (Å²) in [5.74, 6) is 0.183. The Morgan fingerprint density at radius 1 is 1.31 bits per heavy atom. The summed E-state index contributed by atoms with van der Waals surface area (Å²) in [6.07, 6.45) is 5.71. The molecule has 0 fully saturated rings. The zero-order valence-corrected chi connectivity index (χ0v) is 16.8. The fourth-order valence-corrected chi connectivity index (χ4v) is 3.66. The van der Waals surface area contributed by atoms with Crippen molar-refractivity contribution in [3.63, 3.8) is 0 Å². The first-order valence-corrected chi connectivity index (χ1v) is 9.62. The molecule has 1 aromatic carbocycles. The number of nitrogens with two attached hydrogens (primary N) is 1. The lowest BCUT2D eigenvalue weighted by Crippen LogP contribution is -2.27. The fraction of sp³-hybridized carbons (Fsp3) is 0.333.